The van der Waals surface area contributed by atoms with E-state index < -0.39 is 11.6 Å². The SMILES string of the molecule is CC(C)(C)OC(=O)N1CCC(CNCc2cc(C(=O)O)co2)CC1. The van der Waals surface area contributed by atoms with Crippen LogP contribution in [0.25, 0.3) is 0 Å². The Balaban J connectivity index is 1.67. The fourth-order valence-corrected chi connectivity index (χ4v) is 2.63. The highest BCUT2D eigenvalue weighted by atomic mass is 16.6. The first kappa shape index (κ1) is 18.3. The minimum absolute atomic E-state index is 0.164. The van der Waals surface area contributed by atoms with Gasteiger partial charge in [0.25, 0.3) is 0 Å². The largest absolute Gasteiger partial charge is 0.478 e. The summed E-state index contributed by atoms with van der Waals surface area (Å²) in [5, 5.41) is 12.1. The van der Waals surface area contributed by atoms with Gasteiger partial charge >= 0.3 is 12.1 Å². The molecule has 0 radical (unpaired) electrons. The van der Waals surface area contributed by atoms with Crippen LogP contribution in [0, 0.1) is 5.92 Å². The zero-order valence-electron chi connectivity index (χ0n) is 14.5. The second-order valence-electron chi connectivity index (χ2n) is 7.15. The topological polar surface area (TPSA) is 92.0 Å². The van der Waals surface area contributed by atoms with Gasteiger partial charge in [0.1, 0.15) is 17.6 Å². The summed E-state index contributed by atoms with van der Waals surface area (Å²) in [5.41, 5.74) is -0.301. The van der Waals surface area contributed by atoms with Crippen LogP contribution < -0.4 is 5.32 Å². The molecule has 0 aliphatic carbocycles. The Kier molecular flexibility index (Phi) is 5.88. The lowest BCUT2D eigenvalue weighted by Crippen LogP contribution is -2.43. The number of furan rings is 1. The van der Waals surface area contributed by atoms with E-state index in [1.807, 2.05) is 20.8 Å². The van der Waals surface area contributed by atoms with Gasteiger partial charge in [-0.05, 0) is 52.1 Å². The van der Waals surface area contributed by atoms with Crippen LogP contribution in [0.2, 0.25) is 0 Å². The van der Waals surface area contributed by atoms with Crippen molar-refractivity contribution in [3.8, 4) is 0 Å². The van der Waals surface area contributed by atoms with Gasteiger partial charge in [-0.15, -0.1) is 0 Å². The lowest BCUT2D eigenvalue weighted by molar-refractivity contribution is 0.0184. The lowest BCUT2D eigenvalue weighted by Gasteiger charge is -2.33. The number of aromatic carboxylic acids is 1. The molecule has 1 amide bonds. The van der Waals surface area contributed by atoms with Crippen molar-refractivity contribution < 1.29 is 23.8 Å². The van der Waals surface area contributed by atoms with E-state index in [0.29, 0.717) is 31.3 Å². The summed E-state index contributed by atoms with van der Waals surface area (Å²) < 4.78 is 10.6. The summed E-state index contributed by atoms with van der Waals surface area (Å²) in [5.74, 6) is 0.107. The number of carbonyl (C=O) groups excluding carboxylic acids is 1. The second kappa shape index (κ2) is 7.70. The Bertz CT molecular complexity index is 568. The number of amides is 1. The highest BCUT2D eigenvalue weighted by Gasteiger charge is 2.26. The smallest absolute Gasteiger partial charge is 0.410 e. The third-order valence-corrected chi connectivity index (χ3v) is 3.90. The summed E-state index contributed by atoms with van der Waals surface area (Å²) in [6.07, 6.45) is 2.85. The third-order valence-electron chi connectivity index (χ3n) is 3.90. The van der Waals surface area contributed by atoms with Crippen LogP contribution in [0.15, 0.2) is 16.7 Å². The van der Waals surface area contributed by atoms with Crippen LogP contribution in [0.1, 0.15) is 49.7 Å². The molecule has 1 aromatic heterocycles. The molecule has 0 aromatic carbocycles. The van der Waals surface area contributed by atoms with Crippen LogP contribution in [-0.2, 0) is 11.3 Å². The summed E-state index contributed by atoms with van der Waals surface area (Å²) in [6, 6.07) is 1.53. The van der Waals surface area contributed by atoms with E-state index in [2.05, 4.69) is 5.32 Å². The molecule has 2 N–H and O–H groups in total. The van der Waals surface area contributed by atoms with Gasteiger partial charge in [0.15, 0.2) is 0 Å². The van der Waals surface area contributed by atoms with E-state index in [4.69, 9.17) is 14.3 Å². The van der Waals surface area contributed by atoms with E-state index in [0.717, 1.165) is 19.4 Å². The highest BCUT2D eigenvalue weighted by molar-refractivity contribution is 5.87. The molecule has 2 heterocycles. The number of likely N-dealkylation sites (tertiary alicyclic amines) is 1. The summed E-state index contributed by atoms with van der Waals surface area (Å²) in [6.45, 7) is 8.31. The van der Waals surface area contributed by atoms with Crippen LogP contribution in [0.4, 0.5) is 4.79 Å². The fourth-order valence-electron chi connectivity index (χ4n) is 2.63. The Morgan fingerprint density at radius 1 is 1.38 bits per heavy atom. The third kappa shape index (κ3) is 5.56. The number of ether oxygens (including phenoxy) is 1. The average molecular weight is 338 g/mol. The Hall–Kier alpha value is -2.02. The summed E-state index contributed by atoms with van der Waals surface area (Å²) in [4.78, 5) is 24.5. The van der Waals surface area contributed by atoms with Gasteiger partial charge in [-0.25, -0.2) is 9.59 Å². The van der Waals surface area contributed by atoms with Crippen LogP contribution in [0.5, 0.6) is 0 Å². The minimum Gasteiger partial charge on any atom is -0.478 e. The normalized spacial score (nSPS) is 16.2. The van der Waals surface area contributed by atoms with Crippen molar-refractivity contribution in [3.05, 3.63) is 23.7 Å². The van der Waals surface area contributed by atoms with Crippen molar-refractivity contribution in [1.82, 2.24) is 10.2 Å². The number of carboxylic acid groups (broad SMARTS) is 1. The molecule has 1 aliphatic rings. The number of piperidine rings is 1. The lowest BCUT2D eigenvalue weighted by atomic mass is 9.97. The molecule has 0 unspecified atom stereocenters. The van der Waals surface area contributed by atoms with Gasteiger partial charge in [-0.1, -0.05) is 0 Å². The number of nitrogens with zero attached hydrogens (tertiary/aromatic N) is 1. The first-order valence-corrected chi connectivity index (χ1v) is 8.24. The van der Waals surface area contributed by atoms with Crippen molar-refractivity contribution in [2.75, 3.05) is 19.6 Å². The van der Waals surface area contributed by atoms with E-state index in [1.165, 1.54) is 12.3 Å². The van der Waals surface area contributed by atoms with Crippen LogP contribution in [0.3, 0.4) is 0 Å². The molecular formula is C17H26N2O5. The molecule has 134 valence electrons. The first-order chi connectivity index (χ1) is 11.2. The molecule has 2 rings (SSSR count). The second-order valence-corrected chi connectivity index (χ2v) is 7.15. The molecule has 24 heavy (non-hydrogen) atoms. The molecule has 0 saturated carbocycles. The fraction of sp³-hybridized carbons (Fsp3) is 0.647. The van der Waals surface area contributed by atoms with Gasteiger partial charge in [-0.2, -0.15) is 0 Å². The number of hydrogen-bond acceptors (Lipinski definition) is 5. The Morgan fingerprint density at radius 3 is 2.58 bits per heavy atom. The minimum atomic E-state index is -0.987. The summed E-state index contributed by atoms with van der Waals surface area (Å²) >= 11 is 0. The molecule has 1 saturated heterocycles. The monoisotopic (exact) mass is 338 g/mol. The van der Waals surface area contributed by atoms with Gasteiger partial charge in [0.2, 0.25) is 0 Å². The molecule has 1 fully saturated rings. The van der Waals surface area contributed by atoms with Gasteiger partial charge in [-0.3, -0.25) is 0 Å². The molecule has 7 nitrogen and oxygen atoms in total. The van der Waals surface area contributed by atoms with E-state index in [-0.39, 0.29) is 11.7 Å². The maximum absolute atomic E-state index is 12.0. The van der Waals surface area contributed by atoms with Gasteiger partial charge in [0, 0.05) is 13.1 Å². The van der Waals surface area contributed by atoms with Crippen molar-refractivity contribution in [3.63, 3.8) is 0 Å². The van der Waals surface area contributed by atoms with E-state index >= 15 is 0 Å². The van der Waals surface area contributed by atoms with Gasteiger partial charge in [0.05, 0.1) is 12.1 Å². The van der Waals surface area contributed by atoms with E-state index in [1.54, 1.807) is 4.90 Å². The van der Waals surface area contributed by atoms with Crippen molar-refractivity contribution in [2.24, 2.45) is 5.92 Å². The molecule has 7 heteroatoms. The van der Waals surface area contributed by atoms with Crippen LogP contribution in [-0.4, -0.2) is 47.3 Å². The molecule has 1 aliphatic heterocycles. The molecule has 0 bridgehead atoms. The van der Waals surface area contributed by atoms with Crippen LogP contribution >= 0.6 is 0 Å². The maximum Gasteiger partial charge on any atom is 0.410 e. The number of carboxylic acids is 1. The Morgan fingerprint density at radius 2 is 2.04 bits per heavy atom. The summed E-state index contributed by atoms with van der Waals surface area (Å²) in [7, 11) is 0. The standard InChI is InChI=1S/C17H26N2O5/c1-17(2,3)24-16(22)19-6-4-12(5-7-19)9-18-10-14-8-13(11-23-14)15(20)21/h8,11-12,18H,4-7,9-10H2,1-3H3,(H,20,21). The van der Waals surface area contributed by atoms with Crippen molar-refractivity contribution >= 4 is 12.1 Å². The quantitative estimate of drug-likeness (QED) is 0.857. The van der Waals surface area contributed by atoms with Gasteiger partial charge < -0.3 is 24.5 Å². The zero-order chi connectivity index (χ0) is 17.7. The molecular weight excluding hydrogens is 312 g/mol. The number of nitrogens with one attached hydrogen (secondary N) is 1. The number of carbonyl (C=O) groups is 2. The van der Waals surface area contributed by atoms with E-state index in [9.17, 15) is 9.59 Å². The first-order valence-electron chi connectivity index (χ1n) is 8.24. The predicted octanol–water partition coefficient (Wildman–Crippen LogP) is 2.71. The molecule has 1 aromatic rings. The highest BCUT2D eigenvalue weighted by Crippen LogP contribution is 2.19. The zero-order valence-corrected chi connectivity index (χ0v) is 14.5. The Labute approximate surface area is 142 Å². The van der Waals surface area contributed by atoms with Crippen molar-refractivity contribution in [1.29, 1.82) is 0 Å². The predicted molar refractivity (Wildman–Crippen MR) is 87.9 cm³/mol. The average Bonchev–Trinajstić information content (AvgIpc) is 2.95. The number of rotatable bonds is 5. The maximum atomic E-state index is 12.0. The number of hydrogen-bond donors (Lipinski definition) is 2. The molecule has 0 spiro atoms. The molecule has 0 atom stereocenters. The van der Waals surface area contributed by atoms with Crippen molar-refractivity contribution in [2.45, 2.75) is 45.8 Å².